The molecule has 1 atom stereocenters. The summed E-state index contributed by atoms with van der Waals surface area (Å²) in [7, 11) is 0. The summed E-state index contributed by atoms with van der Waals surface area (Å²) in [5.74, 6) is 0.297. The Balaban J connectivity index is 1.74. The van der Waals surface area contributed by atoms with Crippen LogP contribution in [0.2, 0.25) is 0 Å². The zero-order chi connectivity index (χ0) is 14.4. The van der Waals surface area contributed by atoms with Gasteiger partial charge in [-0.3, -0.25) is 4.79 Å². The molecular formula is C15H19NO3S. The van der Waals surface area contributed by atoms with Gasteiger partial charge in [0, 0.05) is 6.54 Å². The minimum absolute atomic E-state index is 0.109. The fraction of sp³-hybridized carbons (Fsp3) is 0.467. The van der Waals surface area contributed by atoms with Crippen LogP contribution < -0.4 is 5.32 Å². The fourth-order valence-corrected chi connectivity index (χ4v) is 3.43. The number of carbonyl (C=O) groups excluding carboxylic acids is 1. The third kappa shape index (κ3) is 4.27. The number of nitrogens with one attached hydrogen (secondary N) is 1. The minimum atomic E-state index is -0.917. The molecule has 5 heteroatoms. The maximum absolute atomic E-state index is 11.9. The van der Waals surface area contributed by atoms with Gasteiger partial charge >= 0.3 is 5.97 Å². The third-order valence-electron chi connectivity index (χ3n) is 3.39. The summed E-state index contributed by atoms with van der Waals surface area (Å²) in [6.07, 6.45) is 4.05. The van der Waals surface area contributed by atoms with E-state index in [2.05, 4.69) is 5.32 Å². The van der Waals surface area contributed by atoms with Crippen molar-refractivity contribution in [2.24, 2.45) is 0 Å². The maximum atomic E-state index is 11.9. The lowest BCUT2D eigenvalue weighted by atomic mass is 10.1. The van der Waals surface area contributed by atoms with E-state index in [0.29, 0.717) is 6.54 Å². The summed E-state index contributed by atoms with van der Waals surface area (Å²) in [5, 5.41) is 11.9. The summed E-state index contributed by atoms with van der Waals surface area (Å²) in [4.78, 5) is 22.7. The van der Waals surface area contributed by atoms with Crippen LogP contribution in [0, 0.1) is 0 Å². The molecule has 0 aliphatic carbocycles. The van der Waals surface area contributed by atoms with Crippen molar-refractivity contribution in [3.8, 4) is 0 Å². The number of carboxylic acid groups (broad SMARTS) is 1. The van der Waals surface area contributed by atoms with Crippen molar-refractivity contribution in [1.29, 1.82) is 0 Å². The standard InChI is InChI=1S/C15H19NO3S/c17-14(13-3-1-2-10-20-13)16-9-8-11-4-6-12(7-5-11)15(18)19/h4-7,13H,1-3,8-10H2,(H,16,17)(H,18,19). The number of rotatable bonds is 5. The van der Waals surface area contributed by atoms with Crippen LogP contribution in [0.15, 0.2) is 24.3 Å². The largest absolute Gasteiger partial charge is 0.478 e. The van der Waals surface area contributed by atoms with E-state index >= 15 is 0 Å². The van der Waals surface area contributed by atoms with E-state index in [9.17, 15) is 9.59 Å². The number of benzene rings is 1. The Labute approximate surface area is 123 Å². The van der Waals surface area contributed by atoms with Crippen LogP contribution in [0.3, 0.4) is 0 Å². The van der Waals surface area contributed by atoms with Crippen LogP contribution in [-0.4, -0.2) is 34.5 Å². The van der Waals surface area contributed by atoms with Gasteiger partial charge in [-0.2, -0.15) is 0 Å². The summed E-state index contributed by atoms with van der Waals surface area (Å²) in [6, 6.07) is 6.78. The molecule has 2 rings (SSSR count). The van der Waals surface area contributed by atoms with E-state index in [1.54, 1.807) is 36.0 Å². The summed E-state index contributed by atoms with van der Waals surface area (Å²) in [5.41, 5.74) is 1.32. The molecule has 1 aromatic rings. The normalized spacial score (nSPS) is 18.5. The van der Waals surface area contributed by atoms with Gasteiger partial charge in [-0.15, -0.1) is 11.8 Å². The first-order valence-corrected chi connectivity index (χ1v) is 7.93. The Bertz CT molecular complexity index is 467. The second-order valence-electron chi connectivity index (χ2n) is 4.90. The van der Waals surface area contributed by atoms with Crippen molar-refractivity contribution in [3.05, 3.63) is 35.4 Å². The summed E-state index contributed by atoms with van der Waals surface area (Å²) < 4.78 is 0. The smallest absolute Gasteiger partial charge is 0.335 e. The van der Waals surface area contributed by atoms with Crippen molar-refractivity contribution in [2.75, 3.05) is 12.3 Å². The van der Waals surface area contributed by atoms with Gasteiger partial charge in [0.1, 0.15) is 0 Å². The van der Waals surface area contributed by atoms with Crippen LogP contribution in [0.5, 0.6) is 0 Å². The first-order valence-electron chi connectivity index (χ1n) is 6.88. The monoisotopic (exact) mass is 293 g/mol. The van der Waals surface area contributed by atoms with Gasteiger partial charge in [-0.05, 0) is 42.7 Å². The molecule has 0 spiro atoms. The van der Waals surface area contributed by atoms with Gasteiger partial charge in [-0.1, -0.05) is 18.6 Å². The van der Waals surface area contributed by atoms with E-state index < -0.39 is 5.97 Å². The molecule has 0 bridgehead atoms. The highest BCUT2D eigenvalue weighted by Crippen LogP contribution is 2.24. The molecule has 1 saturated heterocycles. The molecule has 0 saturated carbocycles. The predicted molar refractivity (Wildman–Crippen MR) is 80.2 cm³/mol. The average molecular weight is 293 g/mol. The lowest BCUT2D eigenvalue weighted by Crippen LogP contribution is -2.35. The predicted octanol–water partition coefficient (Wildman–Crippen LogP) is 2.33. The van der Waals surface area contributed by atoms with Crippen LogP contribution in [-0.2, 0) is 11.2 Å². The van der Waals surface area contributed by atoms with E-state index in [-0.39, 0.29) is 16.7 Å². The number of thioether (sulfide) groups is 1. The van der Waals surface area contributed by atoms with Crippen molar-refractivity contribution in [2.45, 2.75) is 30.9 Å². The fourth-order valence-electron chi connectivity index (χ4n) is 2.21. The minimum Gasteiger partial charge on any atom is -0.478 e. The Hall–Kier alpha value is -1.49. The molecule has 4 nitrogen and oxygen atoms in total. The first kappa shape index (κ1) is 14.9. The van der Waals surface area contributed by atoms with Crippen molar-refractivity contribution < 1.29 is 14.7 Å². The molecule has 20 heavy (non-hydrogen) atoms. The molecule has 0 radical (unpaired) electrons. The lowest BCUT2D eigenvalue weighted by Gasteiger charge is -2.20. The highest BCUT2D eigenvalue weighted by Gasteiger charge is 2.20. The van der Waals surface area contributed by atoms with Gasteiger partial charge in [0.05, 0.1) is 10.8 Å². The van der Waals surface area contributed by atoms with Gasteiger partial charge in [0.15, 0.2) is 0 Å². The maximum Gasteiger partial charge on any atom is 0.335 e. The number of amides is 1. The van der Waals surface area contributed by atoms with Crippen LogP contribution in [0.25, 0.3) is 0 Å². The molecule has 1 amide bonds. The molecule has 0 aromatic heterocycles. The van der Waals surface area contributed by atoms with Gasteiger partial charge in [-0.25, -0.2) is 4.79 Å². The van der Waals surface area contributed by atoms with Crippen LogP contribution >= 0.6 is 11.8 Å². The Morgan fingerprint density at radius 3 is 2.60 bits per heavy atom. The highest BCUT2D eigenvalue weighted by molar-refractivity contribution is 8.00. The molecule has 1 aromatic carbocycles. The topological polar surface area (TPSA) is 66.4 Å². The SMILES string of the molecule is O=C(O)c1ccc(CCNC(=O)C2CCCCS2)cc1. The zero-order valence-corrected chi connectivity index (χ0v) is 12.1. The highest BCUT2D eigenvalue weighted by atomic mass is 32.2. The third-order valence-corrected chi connectivity index (χ3v) is 4.76. The van der Waals surface area contributed by atoms with Crippen LogP contribution in [0.1, 0.15) is 35.2 Å². The second kappa shape index (κ2) is 7.33. The molecule has 1 aliphatic rings. The molecule has 2 N–H and O–H groups in total. The van der Waals surface area contributed by atoms with Crippen molar-refractivity contribution >= 4 is 23.6 Å². The number of carbonyl (C=O) groups is 2. The molecule has 1 heterocycles. The van der Waals surface area contributed by atoms with E-state index in [1.807, 2.05) is 0 Å². The molecule has 108 valence electrons. The average Bonchev–Trinajstić information content (AvgIpc) is 2.48. The zero-order valence-electron chi connectivity index (χ0n) is 11.3. The second-order valence-corrected chi connectivity index (χ2v) is 6.21. The number of carboxylic acids is 1. The summed E-state index contributed by atoms with van der Waals surface area (Å²) >= 11 is 1.75. The van der Waals surface area contributed by atoms with Crippen molar-refractivity contribution in [3.63, 3.8) is 0 Å². The quantitative estimate of drug-likeness (QED) is 0.874. The molecular weight excluding hydrogens is 274 g/mol. The van der Waals surface area contributed by atoms with Gasteiger partial charge in [0.25, 0.3) is 0 Å². The lowest BCUT2D eigenvalue weighted by molar-refractivity contribution is -0.120. The number of hydrogen-bond acceptors (Lipinski definition) is 3. The van der Waals surface area contributed by atoms with Crippen molar-refractivity contribution in [1.82, 2.24) is 5.32 Å². The number of aromatic carboxylic acids is 1. The Morgan fingerprint density at radius 2 is 2.00 bits per heavy atom. The Morgan fingerprint density at radius 1 is 1.25 bits per heavy atom. The van der Waals surface area contributed by atoms with E-state index in [0.717, 1.165) is 30.6 Å². The van der Waals surface area contributed by atoms with Gasteiger partial charge in [0.2, 0.25) is 5.91 Å². The molecule has 1 fully saturated rings. The summed E-state index contributed by atoms with van der Waals surface area (Å²) in [6.45, 7) is 0.600. The van der Waals surface area contributed by atoms with E-state index in [1.165, 1.54) is 6.42 Å². The van der Waals surface area contributed by atoms with E-state index in [4.69, 9.17) is 5.11 Å². The Kier molecular flexibility index (Phi) is 5.47. The molecule has 1 aliphatic heterocycles. The number of hydrogen-bond donors (Lipinski definition) is 2. The first-order chi connectivity index (χ1) is 9.66. The van der Waals surface area contributed by atoms with Crippen LogP contribution in [0.4, 0.5) is 0 Å². The molecule has 1 unspecified atom stereocenters. The van der Waals surface area contributed by atoms with Gasteiger partial charge < -0.3 is 10.4 Å².